The Labute approximate surface area is 256 Å². The number of hydrogen-bond donors (Lipinski definition) is 3. The molecule has 0 saturated heterocycles. The molecule has 0 bridgehead atoms. The lowest BCUT2D eigenvalue weighted by Crippen LogP contribution is -2.50. The summed E-state index contributed by atoms with van der Waals surface area (Å²) in [6.45, 7) is 3.96. The van der Waals surface area contributed by atoms with E-state index in [0.717, 1.165) is 51.4 Å². The van der Waals surface area contributed by atoms with E-state index in [4.69, 9.17) is 0 Å². The van der Waals surface area contributed by atoms with Crippen LogP contribution in [0.4, 0.5) is 0 Å². The number of ketones is 1. The molecule has 0 heterocycles. The molecule has 0 fully saturated rings. The van der Waals surface area contributed by atoms with Crippen molar-refractivity contribution in [2.75, 3.05) is 6.61 Å². The molecular weight excluding hydrogens is 508 g/mol. The molecule has 4 nitrogen and oxygen atoms in total. The van der Waals surface area contributed by atoms with Crippen LogP contribution < -0.4 is 0 Å². The van der Waals surface area contributed by atoms with E-state index in [9.17, 15) is 20.1 Å². The number of rotatable bonds is 33. The number of carbonyl (C=O) groups excluding carboxylic acids is 1. The quantitative estimate of drug-likeness (QED) is 0.0533. The summed E-state index contributed by atoms with van der Waals surface area (Å²) in [5.74, 6) is -0.329. The Morgan fingerprint density at radius 2 is 0.902 bits per heavy atom. The second-order valence-corrected chi connectivity index (χ2v) is 12.8. The zero-order valence-electron chi connectivity index (χ0n) is 27.7. The Bertz CT molecular complexity index is 575. The van der Waals surface area contributed by atoms with Gasteiger partial charge in [-0.1, -0.05) is 167 Å². The number of allylic oxidation sites excluding steroid dienone is 2. The van der Waals surface area contributed by atoms with Crippen molar-refractivity contribution in [1.82, 2.24) is 0 Å². The highest BCUT2D eigenvalue weighted by atomic mass is 16.4. The summed E-state index contributed by atoms with van der Waals surface area (Å²) in [6, 6.07) is 0. The van der Waals surface area contributed by atoms with E-state index < -0.39 is 18.3 Å². The molecule has 0 aliphatic rings. The fourth-order valence-corrected chi connectivity index (χ4v) is 5.73. The molecule has 0 amide bonds. The van der Waals surface area contributed by atoms with Crippen LogP contribution in [-0.4, -0.2) is 39.4 Å². The van der Waals surface area contributed by atoms with Crippen LogP contribution in [-0.2, 0) is 4.79 Å². The second kappa shape index (κ2) is 30.7. The van der Waals surface area contributed by atoms with Gasteiger partial charge in [0.25, 0.3) is 0 Å². The van der Waals surface area contributed by atoms with Crippen LogP contribution in [0.5, 0.6) is 0 Å². The maximum atomic E-state index is 12.5. The number of hydrogen-bond acceptors (Lipinski definition) is 4. The lowest BCUT2D eigenvalue weighted by molar-refractivity contribution is -0.151. The molecule has 3 N–H and O–H groups in total. The van der Waals surface area contributed by atoms with Crippen molar-refractivity contribution in [3.63, 3.8) is 0 Å². The van der Waals surface area contributed by atoms with Gasteiger partial charge < -0.3 is 15.3 Å². The first-order valence-corrected chi connectivity index (χ1v) is 18.2. The van der Waals surface area contributed by atoms with Crippen molar-refractivity contribution < 1.29 is 20.1 Å². The summed E-state index contributed by atoms with van der Waals surface area (Å²) in [6.07, 6.45) is 36.8. The van der Waals surface area contributed by atoms with Crippen LogP contribution in [0.25, 0.3) is 0 Å². The third kappa shape index (κ3) is 25.5. The van der Waals surface area contributed by atoms with Gasteiger partial charge in [0.2, 0.25) is 0 Å². The fourth-order valence-electron chi connectivity index (χ4n) is 5.73. The molecule has 0 radical (unpaired) electrons. The summed E-state index contributed by atoms with van der Waals surface area (Å²) < 4.78 is 0. The highest BCUT2D eigenvalue weighted by Gasteiger charge is 2.38. The molecule has 0 aliphatic heterocycles. The summed E-state index contributed by atoms with van der Waals surface area (Å²) in [4.78, 5) is 12.5. The van der Waals surface area contributed by atoms with Gasteiger partial charge in [-0.15, -0.1) is 0 Å². The van der Waals surface area contributed by atoms with Gasteiger partial charge in [0.15, 0.2) is 5.78 Å². The largest absolute Gasteiger partial charge is 0.393 e. The minimum Gasteiger partial charge on any atom is -0.393 e. The Hall–Kier alpha value is -0.710. The first-order chi connectivity index (χ1) is 20.0. The molecule has 0 aromatic rings. The molecule has 244 valence electrons. The van der Waals surface area contributed by atoms with Gasteiger partial charge in [0.05, 0.1) is 6.61 Å². The lowest BCUT2D eigenvalue weighted by atomic mass is 9.87. The van der Waals surface area contributed by atoms with Crippen LogP contribution in [0.15, 0.2) is 12.2 Å². The highest BCUT2D eigenvalue weighted by molar-refractivity contribution is 5.84. The molecule has 0 aromatic heterocycles. The van der Waals surface area contributed by atoms with Gasteiger partial charge in [0.1, 0.15) is 11.7 Å². The van der Waals surface area contributed by atoms with Crippen molar-refractivity contribution in [3.8, 4) is 0 Å². The van der Waals surface area contributed by atoms with Crippen molar-refractivity contribution in [3.05, 3.63) is 12.2 Å². The van der Waals surface area contributed by atoms with Gasteiger partial charge in [-0.25, -0.2) is 0 Å². The molecule has 4 heteroatoms. The number of unbranched alkanes of at least 4 members (excludes halogenated alkanes) is 24. The van der Waals surface area contributed by atoms with Crippen LogP contribution in [0.2, 0.25) is 0 Å². The van der Waals surface area contributed by atoms with Crippen LogP contribution in [0, 0.1) is 0 Å². The molecular formula is C37H72O4. The minimum absolute atomic E-state index is 0.278. The van der Waals surface area contributed by atoms with E-state index in [0.29, 0.717) is 0 Å². The van der Waals surface area contributed by atoms with Crippen molar-refractivity contribution >= 4 is 5.78 Å². The molecule has 0 aliphatic carbocycles. The summed E-state index contributed by atoms with van der Waals surface area (Å²) >= 11 is 0. The predicted molar refractivity (Wildman–Crippen MR) is 177 cm³/mol. The van der Waals surface area contributed by atoms with E-state index in [1.54, 1.807) is 0 Å². The standard InChI is InChI=1S/C37H72O4/c1-3-5-7-9-11-13-15-17-19-20-22-24-26-28-30-32-35(39)36(40)37(41,34-38)33-31-29-27-25-23-21-18-16-14-12-10-8-6-4-2/h17,19,36,38,40-41H,3-16,18,20-34H2,1-2H3/b19-17-. The SMILES string of the molecule is CCCCCCCC/C=C\CCCCCCCC(=O)C(O)C(O)(CO)CCCCCCCCCCCCCCCC. The van der Waals surface area contributed by atoms with E-state index in [1.807, 2.05) is 0 Å². The van der Waals surface area contributed by atoms with Gasteiger partial charge in [-0.3, -0.25) is 4.79 Å². The highest BCUT2D eigenvalue weighted by Crippen LogP contribution is 2.23. The number of Topliss-reactive ketones (excluding diaryl/α,β-unsaturated/α-hetero) is 1. The number of aliphatic hydroxyl groups is 3. The molecule has 2 unspecified atom stereocenters. The van der Waals surface area contributed by atoms with E-state index in [-0.39, 0.29) is 18.6 Å². The van der Waals surface area contributed by atoms with E-state index in [2.05, 4.69) is 26.0 Å². The van der Waals surface area contributed by atoms with Crippen molar-refractivity contribution in [2.45, 2.75) is 212 Å². The third-order valence-electron chi connectivity index (χ3n) is 8.74. The first-order valence-electron chi connectivity index (χ1n) is 18.2. The molecule has 0 spiro atoms. The van der Waals surface area contributed by atoms with Gasteiger partial charge in [-0.2, -0.15) is 0 Å². The van der Waals surface area contributed by atoms with Crippen LogP contribution in [0.3, 0.4) is 0 Å². The average molecular weight is 581 g/mol. The Morgan fingerprint density at radius 3 is 1.29 bits per heavy atom. The number of aliphatic hydroxyl groups excluding tert-OH is 2. The van der Waals surface area contributed by atoms with Crippen molar-refractivity contribution in [1.29, 1.82) is 0 Å². The Kier molecular flexibility index (Phi) is 30.2. The Morgan fingerprint density at radius 1 is 0.561 bits per heavy atom. The van der Waals surface area contributed by atoms with Crippen LogP contribution >= 0.6 is 0 Å². The lowest BCUT2D eigenvalue weighted by Gasteiger charge is -2.30. The normalized spacial score (nSPS) is 14.1. The maximum absolute atomic E-state index is 12.5. The predicted octanol–water partition coefficient (Wildman–Crippen LogP) is 10.5. The molecule has 0 saturated carbocycles. The molecule has 41 heavy (non-hydrogen) atoms. The van der Waals surface area contributed by atoms with Crippen LogP contribution in [0.1, 0.15) is 200 Å². The molecule has 0 rings (SSSR count). The fraction of sp³-hybridized carbons (Fsp3) is 0.919. The zero-order valence-corrected chi connectivity index (χ0v) is 27.7. The van der Waals surface area contributed by atoms with Crippen molar-refractivity contribution in [2.24, 2.45) is 0 Å². The number of carbonyl (C=O) groups is 1. The second-order valence-electron chi connectivity index (χ2n) is 12.8. The van der Waals surface area contributed by atoms with Gasteiger partial charge in [0, 0.05) is 6.42 Å². The molecule has 0 aromatic carbocycles. The maximum Gasteiger partial charge on any atom is 0.164 e. The van der Waals surface area contributed by atoms with Gasteiger partial charge >= 0.3 is 0 Å². The third-order valence-corrected chi connectivity index (χ3v) is 8.74. The minimum atomic E-state index is -1.70. The topological polar surface area (TPSA) is 77.8 Å². The monoisotopic (exact) mass is 581 g/mol. The molecule has 2 atom stereocenters. The van der Waals surface area contributed by atoms with E-state index >= 15 is 0 Å². The zero-order chi connectivity index (χ0) is 30.3. The summed E-state index contributed by atoms with van der Waals surface area (Å²) in [7, 11) is 0. The Balaban J connectivity index is 3.73. The smallest absolute Gasteiger partial charge is 0.164 e. The average Bonchev–Trinajstić information content (AvgIpc) is 2.98. The summed E-state index contributed by atoms with van der Waals surface area (Å²) in [5.41, 5.74) is -1.70. The van der Waals surface area contributed by atoms with Gasteiger partial charge in [-0.05, 0) is 38.5 Å². The first kappa shape index (κ1) is 40.3. The van der Waals surface area contributed by atoms with E-state index in [1.165, 1.54) is 122 Å². The summed E-state index contributed by atoms with van der Waals surface area (Å²) in [5, 5.41) is 31.0.